The normalized spacial score (nSPS) is 11.4. The quantitative estimate of drug-likeness (QED) is 0.240. The van der Waals surface area contributed by atoms with Gasteiger partial charge in [-0.15, -0.1) is 0 Å². The van der Waals surface area contributed by atoms with Gasteiger partial charge in [0, 0.05) is 6.42 Å². The van der Waals surface area contributed by atoms with Crippen LogP contribution in [0.5, 0.6) is 5.75 Å². The topological polar surface area (TPSA) is 89.9 Å². The van der Waals surface area contributed by atoms with Crippen LogP contribution in [0.1, 0.15) is 6.99 Å². The summed E-state index contributed by atoms with van der Waals surface area (Å²) in [6, 6.07) is 12.8. The van der Waals surface area contributed by atoms with Gasteiger partial charge in [0.15, 0.2) is 0 Å². The van der Waals surface area contributed by atoms with Gasteiger partial charge < -0.3 is 10.9 Å². The molecule has 0 heterocycles. The Morgan fingerprint density at radius 2 is 1.59 bits per heavy atom. The fourth-order valence-corrected chi connectivity index (χ4v) is 2.65. The SMILES string of the molecule is C[N+](C)(C)c1ccc(CCOC(=O)Oc2ccc(S(=O)(=O)O)cc2)cc1.[H-].[Na+]. The molecule has 0 aromatic heterocycles. The first-order valence-corrected chi connectivity index (χ1v) is 9.33. The molecule has 0 spiro atoms. The average Bonchev–Trinajstić information content (AvgIpc) is 2.54. The first-order valence-electron chi connectivity index (χ1n) is 7.89. The number of carbonyl (C=O) groups excluding carboxylic acids is 1. The van der Waals surface area contributed by atoms with E-state index in [0.717, 1.165) is 22.2 Å². The van der Waals surface area contributed by atoms with Crippen molar-refractivity contribution in [2.75, 3.05) is 27.7 Å². The molecule has 1 N–H and O–H groups in total. The molecule has 0 unspecified atom stereocenters. The van der Waals surface area contributed by atoms with Gasteiger partial charge in [-0.2, -0.15) is 8.42 Å². The number of nitrogens with zero attached hydrogens (tertiary/aromatic N) is 1. The van der Waals surface area contributed by atoms with Crippen molar-refractivity contribution in [3.05, 3.63) is 54.1 Å². The second-order valence-electron chi connectivity index (χ2n) is 6.58. The summed E-state index contributed by atoms with van der Waals surface area (Å²) in [6.07, 6.45) is -0.332. The summed E-state index contributed by atoms with van der Waals surface area (Å²) in [4.78, 5) is 11.4. The zero-order valence-corrected chi connectivity index (χ0v) is 18.7. The first kappa shape index (κ1) is 23.6. The number of ether oxygens (including phenoxy) is 2. The van der Waals surface area contributed by atoms with Crippen LogP contribution in [0.25, 0.3) is 0 Å². The molecule has 9 heteroatoms. The van der Waals surface area contributed by atoms with Crippen LogP contribution in [0, 0.1) is 0 Å². The van der Waals surface area contributed by atoms with E-state index >= 15 is 0 Å². The molecule has 0 aliphatic carbocycles. The number of hydrogen-bond acceptors (Lipinski definition) is 5. The van der Waals surface area contributed by atoms with Crippen molar-refractivity contribution >= 4 is 22.0 Å². The predicted octanol–water partition coefficient (Wildman–Crippen LogP) is 0.00460. The van der Waals surface area contributed by atoms with Gasteiger partial charge in [-0.3, -0.25) is 9.04 Å². The summed E-state index contributed by atoms with van der Waals surface area (Å²) in [5.41, 5.74) is 2.20. The Bertz CT molecular complexity index is 864. The second kappa shape index (κ2) is 9.68. The Hall–Kier alpha value is -1.42. The molecule has 27 heavy (non-hydrogen) atoms. The average molecular weight is 404 g/mol. The van der Waals surface area contributed by atoms with E-state index in [4.69, 9.17) is 14.0 Å². The minimum atomic E-state index is -4.28. The van der Waals surface area contributed by atoms with E-state index in [-0.39, 0.29) is 48.2 Å². The fraction of sp³-hybridized carbons (Fsp3) is 0.278. The molecule has 0 atom stereocenters. The van der Waals surface area contributed by atoms with E-state index < -0.39 is 16.3 Å². The molecule has 0 bridgehead atoms. The van der Waals surface area contributed by atoms with E-state index in [1.165, 1.54) is 17.8 Å². The second-order valence-corrected chi connectivity index (χ2v) is 8.00. The van der Waals surface area contributed by atoms with Crippen molar-refractivity contribution < 1.29 is 58.2 Å². The van der Waals surface area contributed by atoms with Crippen molar-refractivity contribution in [1.82, 2.24) is 4.48 Å². The van der Waals surface area contributed by atoms with Crippen LogP contribution in [-0.4, -0.2) is 46.9 Å². The standard InChI is InChI=1S/C18H21NO6S.Na.H/c1-19(2,3)15-6-4-14(5-7-15)12-13-24-18(20)25-16-8-10-17(11-9-16)26(21,22)23;;/h4-11H,12-13H2,1-3H3;;/q;+1;-1/p+1. The molecule has 0 radical (unpaired) electrons. The Morgan fingerprint density at radius 1 is 1.04 bits per heavy atom. The molecule has 2 aromatic carbocycles. The van der Waals surface area contributed by atoms with Gasteiger partial charge in [-0.1, -0.05) is 12.1 Å². The number of benzene rings is 2. The molecule has 0 saturated carbocycles. The van der Waals surface area contributed by atoms with Crippen molar-refractivity contribution in [3.63, 3.8) is 0 Å². The van der Waals surface area contributed by atoms with Gasteiger partial charge in [0.05, 0.1) is 32.6 Å². The van der Waals surface area contributed by atoms with Crippen LogP contribution < -0.4 is 38.8 Å². The summed E-state index contributed by atoms with van der Waals surface area (Å²) in [6.45, 7) is 0.158. The van der Waals surface area contributed by atoms with Gasteiger partial charge in [0.1, 0.15) is 11.4 Å². The van der Waals surface area contributed by atoms with Crippen molar-refractivity contribution in [1.29, 1.82) is 0 Å². The monoisotopic (exact) mass is 404 g/mol. The molecule has 0 fully saturated rings. The van der Waals surface area contributed by atoms with E-state index in [2.05, 4.69) is 21.1 Å². The number of carbonyl (C=O) groups is 1. The molecular weight excluding hydrogens is 381 g/mol. The van der Waals surface area contributed by atoms with Crippen LogP contribution in [0.3, 0.4) is 0 Å². The predicted molar refractivity (Wildman–Crippen MR) is 99.1 cm³/mol. The molecule has 0 aliphatic heterocycles. The zero-order chi connectivity index (χ0) is 19.4. The van der Waals surface area contributed by atoms with E-state index in [0.29, 0.717) is 6.42 Å². The van der Waals surface area contributed by atoms with Gasteiger partial charge in [-0.25, -0.2) is 4.79 Å². The third-order valence-corrected chi connectivity index (χ3v) is 4.51. The summed E-state index contributed by atoms with van der Waals surface area (Å²) in [5, 5.41) is 0. The van der Waals surface area contributed by atoms with Crippen LogP contribution in [-0.2, 0) is 21.3 Å². The summed E-state index contributed by atoms with van der Waals surface area (Å²) < 4.78 is 41.4. The van der Waals surface area contributed by atoms with Gasteiger partial charge in [-0.05, 0) is 42.0 Å². The maximum absolute atomic E-state index is 11.7. The Kier molecular flexibility index (Phi) is 8.47. The molecule has 2 rings (SSSR count). The van der Waals surface area contributed by atoms with Crippen LogP contribution in [0.4, 0.5) is 10.5 Å². The van der Waals surface area contributed by atoms with Gasteiger partial charge in [0.2, 0.25) is 0 Å². The molecule has 0 saturated heterocycles. The van der Waals surface area contributed by atoms with Crippen LogP contribution in [0.2, 0.25) is 0 Å². The molecule has 142 valence electrons. The van der Waals surface area contributed by atoms with Crippen LogP contribution >= 0.6 is 0 Å². The number of hydrogen-bond donors (Lipinski definition) is 1. The maximum Gasteiger partial charge on any atom is 1.00 e. The fourth-order valence-electron chi connectivity index (χ4n) is 2.17. The largest absolute Gasteiger partial charge is 1.00 e. The summed E-state index contributed by atoms with van der Waals surface area (Å²) >= 11 is 0. The molecule has 0 amide bonds. The molecular formula is C18H23NNaO6S+. The third kappa shape index (κ3) is 7.61. The first-order chi connectivity index (χ1) is 12.1. The maximum atomic E-state index is 11.7. The van der Waals surface area contributed by atoms with E-state index in [9.17, 15) is 13.2 Å². The summed E-state index contributed by atoms with van der Waals surface area (Å²) in [5.74, 6) is 0.120. The van der Waals surface area contributed by atoms with Crippen LogP contribution in [0.15, 0.2) is 53.4 Å². The number of quaternary nitrogens is 1. The number of rotatable bonds is 6. The van der Waals surface area contributed by atoms with Crippen molar-refractivity contribution in [2.24, 2.45) is 0 Å². The molecule has 2 aromatic rings. The minimum Gasteiger partial charge on any atom is -1.00 e. The smallest absolute Gasteiger partial charge is 1.00 e. The summed E-state index contributed by atoms with van der Waals surface area (Å²) in [7, 11) is 1.96. The molecule has 0 aliphatic rings. The minimum absolute atomic E-state index is 0. The van der Waals surface area contributed by atoms with Gasteiger partial charge in [0.25, 0.3) is 10.1 Å². The Labute approximate surface area is 183 Å². The molecule has 7 nitrogen and oxygen atoms in total. The Balaban J connectivity index is 0.00000364. The van der Waals surface area contributed by atoms with Crippen molar-refractivity contribution in [2.45, 2.75) is 11.3 Å². The van der Waals surface area contributed by atoms with Crippen molar-refractivity contribution in [3.8, 4) is 5.75 Å². The third-order valence-electron chi connectivity index (χ3n) is 3.64. The van der Waals surface area contributed by atoms with Gasteiger partial charge >= 0.3 is 35.7 Å². The zero-order valence-electron chi connectivity index (χ0n) is 16.9. The van der Waals surface area contributed by atoms with E-state index in [1.54, 1.807) is 0 Å². The van der Waals surface area contributed by atoms with E-state index in [1.807, 2.05) is 24.3 Å². The Morgan fingerprint density at radius 3 is 2.07 bits per heavy atom.